The standard InChI is InChI=1S/C23H28FN5O3S/c1-23(2,31)20(24)11-26-22(30)16-10-25-21(9-18(16)28-15-4-3-7-32-12-15)29-14-5-6-17-19(8-14)33-13-27-17/h5-6,8-10,13,15,20,31H,3-4,7,11-12H2,1-2H3,(H,26,30)(H2,25,28,29). The monoisotopic (exact) mass is 473 g/mol. The molecule has 0 spiro atoms. The first kappa shape index (κ1) is 23.3. The number of aliphatic hydroxyl groups is 1. The molecule has 1 aliphatic rings. The lowest BCUT2D eigenvalue weighted by molar-refractivity contribution is -0.00177. The highest BCUT2D eigenvalue weighted by molar-refractivity contribution is 7.16. The Kier molecular flexibility index (Phi) is 7.06. The van der Waals surface area contributed by atoms with Crippen LogP contribution in [0.15, 0.2) is 36.0 Å². The third-order valence-corrected chi connectivity index (χ3v) is 6.27. The van der Waals surface area contributed by atoms with Gasteiger partial charge in [-0.2, -0.15) is 0 Å². The molecule has 176 valence electrons. The van der Waals surface area contributed by atoms with E-state index in [0.717, 1.165) is 35.4 Å². The normalized spacial score (nSPS) is 17.5. The minimum Gasteiger partial charge on any atom is -0.387 e. The summed E-state index contributed by atoms with van der Waals surface area (Å²) in [6.07, 6.45) is 1.71. The van der Waals surface area contributed by atoms with Crippen molar-refractivity contribution in [3.05, 3.63) is 41.5 Å². The number of ether oxygens (including phenoxy) is 1. The van der Waals surface area contributed by atoms with Crippen molar-refractivity contribution in [1.29, 1.82) is 0 Å². The van der Waals surface area contributed by atoms with E-state index in [1.165, 1.54) is 20.0 Å². The number of carbonyl (C=O) groups excluding carboxylic acids is 1. The van der Waals surface area contributed by atoms with Gasteiger partial charge in [0.05, 0.1) is 45.7 Å². The van der Waals surface area contributed by atoms with E-state index in [0.29, 0.717) is 23.7 Å². The number of anilines is 3. The van der Waals surface area contributed by atoms with Gasteiger partial charge in [-0.15, -0.1) is 11.3 Å². The minimum atomic E-state index is -1.60. The third-order valence-electron chi connectivity index (χ3n) is 5.48. The second kappa shape index (κ2) is 9.98. The van der Waals surface area contributed by atoms with Gasteiger partial charge in [-0.25, -0.2) is 14.4 Å². The molecule has 4 N–H and O–H groups in total. The van der Waals surface area contributed by atoms with Crippen molar-refractivity contribution in [1.82, 2.24) is 15.3 Å². The zero-order valence-corrected chi connectivity index (χ0v) is 19.4. The number of alkyl halides is 1. The van der Waals surface area contributed by atoms with Crippen LogP contribution in [0.25, 0.3) is 10.2 Å². The summed E-state index contributed by atoms with van der Waals surface area (Å²) in [7, 11) is 0. The zero-order chi connectivity index (χ0) is 23.4. The number of thiazole rings is 1. The lowest BCUT2D eigenvalue weighted by Gasteiger charge is -2.26. The molecule has 0 radical (unpaired) electrons. The molecule has 4 rings (SSSR count). The Morgan fingerprint density at radius 2 is 2.21 bits per heavy atom. The van der Waals surface area contributed by atoms with Gasteiger partial charge in [0.15, 0.2) is 0 Å². The van der Waals surface area contributed by atoms with Crippen molar-refractivity contribution < 1.29 is 19.0 Å². The van der Waals surface area contributed by atoms with E-state index in [9.17, 15) is 14.3 Å². The van der Waals surface area contributed by atoms with Gasteiger partial charge in [-0.3, -0.25) is 4.79 Å². The number of nitrogens with one attached hydrogen (secondary N) is 3. The van der Waals surface area contributed by atoms with Crippen LogP contribution in [0.1, 0.15) is 37.0 Å². The predicted molar refractivity (Wildman–Crippen MR) is 128 cm³/mol. The second-order valence-electron chi connectivity index (χ2n) is 8.66. The van der Waals surface area contributed by atoms with E-state index in [4.69, 9.17) is 4.74 Å². The smallest absolute Gasteiger partial charge is 0.255 e. The molecule has 0 aliphatic carbocycles. The van der Waals surface area contributed by atoms with Crippen molar-refractivity contribution in [3.8, 4) is 0 Å². The Bertz CT molecular complexity index is 1110. The molecule has 3 heterocycles. The molecular weight excluding hydrogens is 445 g/mol. The van der Waals surface area contributed by atoms with Crippen LogP contribution in [0.2, 0.25) is 0 Å². The first-order chi connectivity index (χ1) is 15.8. The van der Waals surface area contributed by atoms with Crippen molar-refractivity contribution >= 4 is 44.7 Å². The molecule has 1 saturated heterocycles. The largest absolute Gasteiger partial charge is 0.387 e. The summed E-state index contributed by atoms with van der Waals surface area (Å²) in [5.74, 6) is 0.0979. The Morgan fingerprint density at radius 3 is 2.97 bits per heavy atom. The highest BCUT2D eigenvalue weighted by Crippen LogP contribution is 2.27. The summed E-state index contributed by atoms with van der Waals surface area (Å²) in [6.45, 7) is 3.70. The number of amides is 1. The number of hydrogen-bond acceptors (Lipinski definition) is 8. The molecule has 2 unspecified atom stereocenters. The highest BCUT2D eigenvalue weighted by Gasteiger charge is 2.27. The quantitative estimate of drug-likeness (QED) is 0.393. The Balaban J connectivity index is 1.54. The maximum atomic E-state index is 14.1. The predicted octanol–water partition coefficient (Wildman–Crippen LogP) is 3.86. The summed E-state index contributed by atoms with van der Waals surface area (Å²) in [4.78, 5) is 21.5. The Hall–Kier alpha value is -2.82. The summed E-state index contributed by atoms with van der Waals surface area (Å²) in [5, 5.41) is 19.0. The van der Waals surface area contributed by atoms with Crippen LogP contribution in [0, 0.1) is 0 Å². The number of halogens is 1. The van der Waals surface area contributed by atoms with Crippen LogP contribution in [0.5, 0.6) is 0 Å². The molecular formula is C23H28FN5O3S. The van der Waals surface area contributed by atoms with Gasteiger partial charge in [0, 0.05) is 30.6 Å². The number of hydrogen-bond donors (Lipinski definition) is 4. The van der Waals surface area contributed by atoms with Crippen molar-refractivity contribution in [2.75, 3.05) is 30.4 Å². The molecule has 1 amide bonds. The lowest BCUT2D eigenvalue weighted by Crippen LogP contribution is -2.42. The molecule has 1 fully saturated rings. The van der Waals surface area contributed by atoms with Gasteiger partial charge < -0.3 is 25.8 Å². The number of fused-ring (bicyclic) bond motifs is 1. The van der Waals surface area contributed by atoms with Crippen LogP contribution >= 0.6 is 11.3 Å². The van der Waals surface area contributed by atoms with Gasteiger partial charge in [0.1, 0.15) is 12.0 Å². The first-order valence-electron chi connectivity index (χ1n) is 10.9. The summed E-state index contributed by atoms with van der Waals surface area (Å²) < 4.78 is 20.7. The van der Waals surface area contributed by atoms with Gasteiger partial charge >= 0.3 is 0 Å². The van der Waals surface area contributed by atoms with Crippen LogP contribution in [0.3, 0.4) is 0 Å². The minimum absolute atomic E-state index is 0.0550. The average Bonchev–Trinajstić information content (AvgIpc) is 3.25. The van der Waals surface area contributed by atoms with Crippen LogP contribution in [-0.4, -0.2) is 58.6 Å². The van der Waals surface area contributed by atoms with Crippen LogP contribution in [0.4, 0.5) is 21.6 Å². The number of carbonyl (C=O) groups is 1. The van der Waals surface area contributed by atoms with Gasteiger partial charge in [-0.05, 0) is 44.9 Å². The SMILES string of the molecule is CC(C)(O)C(F)CNC(=O)c1cnc(Nc2ccc3ncsc3c2)cc1NC1CCCOC1. The van der Waals surface area contributed by atoms with E-state index in [-0.39, 0.29) is 12.6 Å². The Labute approximate surface area is 195 Å². The molecule has 1 aliphatic heterocycles. The summed E-state index contributed by atoms with van der Waals surface area (Å²) in [6, 6.07) is 7.67. The van der Waals surface area contributed by atoms with Crippen molar-refractivity contribution in [2.45, 2.75) is 44.5 Å². The summed E-state index contributed by atoms with van der Waals surface area (Å²) in [5.41, 5.74) is 2.93. The number of rotatable bonds is 8. The number of aromatic nitrogens is 2. The van der Waals surface area contributed by atoms with Crippen molar-refractivity contribution in [2.24, 2.45) is 0 Å². The molecule has 3 aromatic rings. The van der Waals surface area contributed by atoms with E-state index >= 15 is 0 Å². The van der Waals surface area contributed by atoms with Crippen LogP contribution in [-0.2, 0) is 4.74 Å². The second-order valence-corrected chi connectivity index (χ2v) is 9.55. The topological polar surface area (TPSA) is 108 Å². The van der Waals surface area contributed by atoms with E-state index in [1.54, 1.807) is 22.9 Å². The molecule has 2 atom stereocenters. The zero-order valence-electron chi connectivity index (χ0n) is 18.6. The maximum Gasteiger partial charge on any atom is 0.255 e. The molecule has 2 aromatic heterocycles. The highest BCUT2D eigenvalue weighted by atomic mass is 32.1. The van der Waals surface area contributed by atoms with E-state index in [2.05, 4.69) is 25.9 Å². The fraction of sp³-hybridized carbons (Fsp3) is 0.435. The van der Waals surface area contributed by atoms with Gasteiger partial charge in [0.2, 0.25) is 0 Å². The molecule has 1 aromatic carbocycles. The lowest BCUT2D eigenvalue weighted by atomic mass is 10.0. The van der Waals surface area contributed by atoms with E-state index in [1.807, 2.05) is 18.2 Å². The van der Waals surface area contributed by atoms with Crippen LogP contribution < -0.4 is 16.0 Å². The van der Waals surface area contributed by atoms with Gasteiger partial charge in [-0.1, -0.05) is 0 Å². The average molecular weight is 474 g/mol. The molecule has 0 saturated carbocycles. The fourth-order valence-corrected chi connectivity index (χ4v) is 4.22. The van der Waals surface area contributed by atoms with Gasteiger partial charge in [0.25, 0.3) is 5.91 Å². The fourth-order valence-electron chi connectivity index (χ4n) is 3.51. The van der Waals surface area contributed by atoms with E-state index < -0.39 is 17.7 Å². The van der Waals surface area contributed by atoms with Crippen molar-refractivity contribution in [3.63, 3.8) is 0 Å². The maximum absolute atomic E-state index is 14.1. The Morgan fingerprint density at radius 1 is 1.36 bits per heavy atom. The summed E-state index contributed by atoms with van der Waals surface area (Å²) >= 11 is 1.56. The third kappa shape index (κ3) is 5.95. The molecule has 10 heteroatoms. The number of benzene rings is 1. The molecule has 0 bridgehead atoms. The first-order valence-corrected chi connectivity index (χ1v) is 11.8. The number of pyridine rings is 1. The molecule has 8 nitrogen and oxygen atoms in total. The number of nitrogens with zero attached hydrogens (tertiary/aromatic N) is 2. The molecule has 33 heavy (non-hydrogen) atoms.